The molecule has 0 amide bonds. The van der Waals surface area contributed by atoms with Crippen LogP contribution in [0.1, 0.15) is 40.2 Å². The quantitative estimate of drug-likeness (QED) is 0.349. The van der Waals surface area contributed by atoms with Crippen molar-refractivity contribution < 1.29 is 8.42 Å². The lowest BCUT2D eigenvalue weighted by atomic mass is 10.1. The van der Waals surface area contributed by atoms with Crippen LogP contribution in [0.2, 0.25) is 0 Å². The van der Waals surface area contributed by atoms with Crippen molar-refractivity contribution in [1.82, 2.24) is 14.9 Å². The summed E-state index contributed by atoms with van der Waals surface area (Å²) in [5.74, 6) is 1.85. The van der Waals surface area contributed by atoms with Gasteiger partial charge in [0.1, 0.15) is 0 Å². The zero-order valence-electron chi connectivity index (χ0n) is 17.6. The molecule has 0 aliphatic carbocycles. The summed E-state index contributed by atoms with van der Waals surface area (Å²) in [6.07, 6.45) is 0. The van der Waals surface area contributed by atoms with Crippen molar-refractivity contribution >= 4 is 51.7 Å². The van der Waals surface area contributed by atoms with Crippen LogP contribution in [-0.4, -0.2) is 55.5 Å². The Bertz CT molecular complexity index is 789. The highest BCUT2D eigenvalue weighted by Crippen LogP contribution is 2.29. The van der Waals surface area contributed by atoms with E-state index in [-0.39, 0.29) is 28.7 Å². The fraction of sp³-hybridized carbons (Fsp3) is 0.632. The van der Waals surface area contributed by atoms with Crippen LogP contribution < -0.4 is 10.0 Å². The molecule has 9 heteroatoms. The Balaban J connectivity index is 0.00000392. The van der Waals surface area contributed by atoms with Crippen LogP contribution in [0.25, 0.3) is 0 Å². The molecule has 1 aliphatic heterocycles. The van der Waals surface area contributed by atoms with Gasteiger partial charge in [-0.25, -0.2) is 13.1 Å². The molecule has 0 aromatic heterocycles. The summed E-state index contributed by atoms with van der Waals surface area (Å²) in [4.78, 5) is 6.94. The van der Waals surface area contributed by atoms with E-state index in [1.165, 1.54) is 0 Å². The third-order valence-electron chi connectivity index (χ3n) is 4.08. The Morgan fingerprint density at radius 3 is 2.50 bits per heavy atom. The lowest BCUT2D eigenvalue weighted by Crippen LogP contribution is -2.50. The second kappa shape index (κ2) is 9.99. The summed E-state index contributed by atoms with van der Waals surface area (Å²) in [6, 6.07) is 7.10. The third-order valence-corrected chi connectivity index (χ3v) is 7.23. The summed E-state index contributed by atoms with van der Waals surface area (Å²) in [5, 5.41) is 3.34. The number of sulfonamides is 1. The van der Waals surface area contributed by atoms with Crippen molar-refractivity contribution in [3.63, 3.8) is 0 Å². The summed E-state index contributed by atoms with van der Waals surface area (Å²) in [6.45, 7) is 12.2. The van der Waals surface area contributed by atoms with E-state index in [1.54, 1.807) is 19.2 Å². The number of thioether (sulfide) groups is 1. The molecule has 6 nitrogen and oxygen atoms in total. The lowest BCUT2D eigenvalue weighted by molar-refractivity contribution is 0.375. The van der Waals surface area contributed by atoms with E-state index >= 15 is 0 Å². The van der Waals surface area contributed by atoms with Crippen molar-refractivity contribution in [3.05, 3.63) is 29.8 Å². The second-order valence-electron chi connectivity index (χ2n) is 8.39. The van der Waals surface area contributed by atoms with Gasteiger partial charge in [-0.1, -0.05) is 18.2 Å². The smallest absolute Gasteiger partial charge is 0.241 e. The van der Waals surface area contributed by atoms with E-state index in [2.05, 4.69) is 33.8 Å². The number of nitrogens with zero attached hydrogens (tertiary/aromatic N) is 2. The maximum Gasteiger partial charge on any atom is 0.241 e. The molecule has 160 valence electrons. The molecule has 0 atom stereocenters. The number of hydrogen-bond acceptors (Lipinski definition) is 4. The molecule has 0 saturated carbocycles. The summed E-state index contributed by atoms with van der Waals surface area (Å²) >= 11 is 1.97. The molecular weight excluding hydrogens is 507 g/mol. The van der Waals surface area contributed by atoms with Crippen molar-refractivity contribution in [2.24, 2.45) is 4.99 Å². The molecule has 0 spiro atoms. The van der Waals surface area contributed by atoms with Crippen LogP contribution in [0.4, 0.5) is 0 Å². The standard InChI is InChI=1S/C19H32N4O2S2.HI/c1-18(2,3)22-27(24,25)16-10-8-7-9-15(16)13-21-17(20-6)23-11-12-26-19(4,5)14-23;/h7-10,22H,11-14H2,1-6H3,(H,20,21);1H. The zero-order chi connectivity index (χ0) is 20.3. The Morgan fingerprint density at radius 1 is 1.29 bits per heavy atom. The number of hydrogen-bond donors (Lipinski definition) is 2. The van der Waals surface area contributed by atoms with E-state index in [0.717, 1.165) is 30.4 Å². The molecule has 1 aromatic rings. The van der Waals surface area contributed by atoms with Gasteiger partial charge in [0.25, 0.3) is 0 Å². The van der Waals surface area contributed by atoms with Crippen LogP contribution in [0, 0.1) is 0 Å². The average Bonchev–Trinajstić information content (AvgIpc) is 2.52. The van der Waals surface area contributed by atoms with Crippen LogP contribution in [0.15, 0.2) is 34.2 Å². The van der Waals surface area contributed by atoms with Crippen molar-refractivity contribution in [2.45, 2.75) is 56.3 Å². The minimum atomic E-state index is -3.59. The van der Waals surface area contributed by atoms with Crippen molar-refractivity contribution in [3.8, 4) is 0 Å². The van der Waals surface area contributed by atoms with E-state index in [0.29, 0.717) is 11.4 Å². The monoisotopic (exact) mass is 540 g/mol. The van der Waals surface area contributed by atoms with Gasteiger partial charge in [0.05, 0.1) is 4.90 Å². The maximum atomic E-state index is 12.8. The SMILES string of the molecule is CN=C(NCc1ccccc1S(=O)(=O)NC(C)(C)C)N1CCSC(C)(C)C1.I. The predicted molar refractivity (Wildman–Crippen MR) is 130 cm³/mol. The first kappa shape index (κ1) is 25.5. The minimum Gasteiger partial charge on any atom is -0.352 e. The van der Waals surface area contributed by atoms with Crippen molar-refractivity contribution in [1.29, 1.82) is 0 Å². The second-order valence-corrected chi connectivity index (χ2v) is 11.8. The van der Waals surface area contributed by atoms with E-state index < -0.39 is 15.6 Å². The molecule has 1 aliphatic rings. The number of nitrogens with one attached hydrogen (secondary N) is 2. The average molecular weight is 541 g/mol. The molecule has 0 bridgehead atoms. The summed E-state index contributed by atoms with van der Waals surface area (Å²) in [7, 11) is -1.83. The number of benzene rings is 1. The van der Waals surface area contributed by atoms with Crippen molar-refractivity contribution in [2.75, 3.05) is 25.9 Å². The fourth-order valence-electron chi connectivity index (χ4n) is 3.07. The molecule has 0 unspecified atom stereocenters. The topological polar surface area (TPSA) is 73.8 Å². The van der Waals surface area contributed by atoms with Crippen LogP contribution in [-0.2, 0) is 16.6 Å². The van der Waals surface area contributed by atoms with Gasteiger partial charge in [0, 0.05) is 42.7 Å². The van der Waals surface area contributed by atoms with Gasteiger partial charge >= 0.3 is 0 Å². The Labute approximate surface area is 191 Å². The predicted octanol–water partition coefficient (Wildman–Crippen LogP) is 3.28. The zero-order valence-corrected chi connectivity index (χ0v) is 21.5. The molecule has 1 fully saturated rings. The first-order valence-corrected chi connectivity index (χ1v) is 11.6. The molecule has 28 heavy (non-hydrogen) atoms. The van der Waals surface area contributed by atoms with Gasteiger partial charge in [-0.05, 0) is 46.2 Å². The highest BCUT2D eigenvalue weighted by atomic mass is 127. The molecule has 2 rings (SSSR count). The van der Waals surface area contributed by atoms with Gasteiger partial charge in [0.15, 0.2) is 5.96 Å². The molecule has 1 aromatic carbocycles. The minimum absolute atomic E-state index is 0. The molecule has 1 heterocycles. The van der Waals surface area contributed by atoms with Gasteiger partial charge in [-0.2, -0.15) is 11.8 Å². The van der Waals surface area contributed by atoms with Gasteiger partial charge in [-0.15, -0.1) is 24.0 Å². The highest BCUT2D eigenvalue weighted by molar-refractivity contribution is 14.0. The van der Waals surface area contributed by atoms with Crippen LogP contribution in [0.5, 0.6) is 0 Å². The first-order chi connectivity index (χ1) is 12.4. The molecule has 1 saturated heterocycles. The molecular formula is C19H33IN4O2S2. The van der Waals surface area contributed by atoms with E-state index in [9.17, 15) is 8.42 Å². The Kier molecular flexibility index (Phi) is 9.11. The van der Waals surface area contributed by atoms with Gasteiger partial charge in [-0.3, -0.25) is 4.99 Å². The lowest BCUT2D eigenvalue weighted by Gasteiger charge is -2.39. The molecule has 0 radical (unpaired) electrons. The number of guanidine groups is 1. The van der Waals surface area contributed by atoms with Gasteiger partial charge < -0.3 is 10.2 Å². The van der Waals surface area contributed by atoms with Crippen LogP contribution in [0.3, 0.4) is 0 Å². The number of rotatable bonds is 4. The first-order valence-electron chi connectivity index (χ1n) is 9.15. The summed E-state index contributed by atoms with van der Waals surface area (Å²) < 4.78 is 28.5. The number of halogens is 1. The molecule has 2 N–H and O–H groups in total. The maximum absolute atomic E-state index is 12.8. The normalized spacial score (nSPS) is 17.8. The Morgan fingerprint density at radius 2 is 1.93 bits per heavy atom. The van der Waals surface area contributed by atoms with E-state index in [1.807, 2.05) is 44.7 Å². The van der Waals surface area contributed by atoms with Crippen LogP contribution >= 0.6 is 35.7 Å². The fourth-order valence-corrected chi connectivity index (χ4v) is 5.84. The summed E-state index contributed by atoms with van der Waals surface area (Å²) in [5.41, 5.74) is 0.188. The van der Waals surface area contributed by atoms with Gasteiger partial charge in [0.2, 0.25) is 10.0 Å². The highest BCUT2D eigenvalue weighted by Gasteiger charge is 2.29. The third kappa shape index (κ3) is 7.38. The Hall–Kier alpha value is -0.520. The van der Waals surface area contributed by atoms with E-state index in [4.69, 9.17) is 0 Å². The largest absolute Gasteiger partial charge is 0.352 e. The number of aliphatic imine (C=N–C) groups is 1.